The fraction of sp³-hybridized carbons (Fsp3) is 0.600. The predicted octanol–water partition coefficient (Wildman–Crippen LogP) is 1.38. The topological polar surface area (TPSA) is 69.0 Å². The second-order valence-corrected chi connectivity index (χ2v) is 5.85. The van der Waals surface area contributed by atoms with Gasteiger partial charge in [-0.25, -0.2) is 4.98 Å². The molecule has 0 bridgehead atoms. The summed E-state index contributed by atoms with van der Waals surface area (Å²) < 4.78 is 7.17. The van der Waals surface area contributed by atoms with Gasteiger partial charge in [-0.15, -0.1) is 10.2 Å². The minimum atomic E-state index is 0.441. The smallest absolute Gasteiger partial charge is 0.318 e. The van der Waals surface area contributed by atoms with Gasteiger partial charge in [0.25, 0.3) is 0 Å². The van der Waals surface area contributed by atoms with Gasteiger partial charge >= 0.3 is 6.01 Å². The lowest BCUT2D eigenvalue weighted by atomic mass is 9.93. The minimum absolute atomic E-state index is 0.441. The summed E-state index contributed by atoms with van der Waals surface area (Å²) in [6.07, 6.45) is 5.04. The van der Waals surface area contributed by atoms with Crippen molar-refractivity contribution < 1.29 is 4.74 Å². The first-order chi connectivity index (χ1) is 10.7. The van der Waals surface area contributed by atoms with E-state index in [9.17, 15) is 0 Å². The van der Waals surface area contributed by atoms with Gasteiger partial charge in [0.05, 0.1) is 7.11 Å². The molecule has 0 unspecified atom stereocenters. The molecule has 1 aliphatic heterocycles. The van der Waals surface area contributed by atoms with Gasteiger partial charge in [0, 0.05) is 38.3 Å². The zero-order chi connectivity index (χ0) is 15.5. The van der Waals surface area contributed by atoms with E-state index in [0.717, 1.165) is 49.7 Å². The molecule has 7 heteroatoms. The van der Waals surface area contributed by atoms with Crippen LogP contribution in [0.3, 0.4) is 0 Å². The minimum Gasteiger partial charge on any atom is -0.467 e. The molecule has 7 nitrogen and oxygen atoms in total. The third kappa shape index (κ3) is 3.18. The lowest BCUT2D eigenvalue weighted by Crippen LogP contribution is -2.35. The van der Waals surface area contributed by atoms with Crippen molar-refractivity contribution in [1.29, 1.82) is 0 Å². The first kappa shape index (κ1) is 14.7. The standard InChI is InChI=1S/C15H22N6O/c1-11-8-13(18-15(17-11)22-3)21-6-4-12(5-7-21)9-14-19-16-10-20(14)2/h8,10,12H,4-7,9H2,1-3H3. The van der Waals surface area contributed by atoms with Gasteiger partial charge in [-0.2, -0.15) is 4.98 Å². The average Bonchev–Trinajstić information content (AvgIpc) is 2.92. The van der Waals surface area contributed by atoms with E-state index in [0.29, 0.717) is 11.9 Å². The summed E-state index contributed by atoms with van der Waals surface area (Å²) in [5, 5.41) is 8.13. The highest BCUT2D eigenvalue weighted by Crippen LogP contribution is 2.25. The molecule has 2 aromatic heterocycles. The Morgan fingerprint density at radius 3 is 2.68 bits per heavy atom. The van der Waals surface area contributed by atoms with Crippen LogP contribution in [0.15, 0.2) is 12.4 Å². The van der Waals surface area contributed by atoms with Gasteiger partial charge in [-0.05, 0) is 25.7 Å². The van der Waals surface area contributed by atoms with Gasteiger partial charge in [0.2, 0.25) is 0 Å². The molecule has 3 rings (SSSR count). The average molecular weight is 302 g/mol. The van der Waals surface area contributed by atoms with Crippen molar-refractivity contribution in [3.63, 3.8) is 0 Å². The molecule has 22 heavy (non-hydrogen) atoms. The molecule has 1 saturated heterocycles. The lowest BCUT2D eigenvalue weighted by Gasteiger charge is -2.32. The number of piperidine rings is 1. The Bertz CT molecular complexity index is 633. The molecule has 0 spiro atoms. The summed E-state index contributed by atoms with van der Waals surface area (Å²) in [5.74, 6) is 2.68. The fourth-order valence-corrected chi connectivity index (χ4v) is 2.89. The van der Waals surface area contributed by atoms with Gasteiger partial charge < -0.3 is 14.2 Å². The zero-order valence-electron chi connectivity index (χ0n) is 13.4. The first-order valence-electron chi connectivity index (χ1n) is 7.63. The van der Waals surface area contributed by atoms with Gasteiger partial charge in [-0.1, -0.05) is 0 Å². The van der Waals surface area contributed by atoms with E-state index in [1.165, 1.54) is 0 Å². The Hall–Kier alpha value is -2.18. The number of hydrogen-bond acceptors (Lipinski definition) is 6. The maximum absolute atomic E-state index is 5.16. The number of nitrogens with zero attached hydrogens (tertiary/aromatic N) is 6. The number of aromatic nitrogens is 5. The maximum atomic E-state index is 5.16. The molecule has 0 atom stereocenters. The van der Waals surface area contributed by atoms with Crippen LogP contribution in [0.1, 0.15) is 24.4 Å². The monoisotopic (exact) mass is 302 g/mol. The molecule has 1 fully saturated rings. The van der Waals surface area contributed by atoms with Crippen molar-refractivity contribution in [2.24, 2.45) is 13.0 Å². The summed E-state index contributed by atoms with van der Waals surface area (Å²) in [5.41, 5.74) is 0.933. The molecule has 2 aromatic rings. The van der Waals surface area contributed by atoms with E-state index >= 15 is 0 Å². The number of methoxy groups -OCH3 is 1. The fourth-order valence-electron chi connectivity index (χ4n) is 2.89. The molecule has 1 aliphatic rings. The second kappa shape index (κ2) is 6.29. The highest BCUT2D eigenvalue weighted by molar-refractivity contribution is 5.41. The van der Waals surface area contributed by atoms with Crippen molar-refractivity contribution in [3.8, 4) is 6.01 Å². The third-order valence-electron chi connectivity index (χ3n) is 4.22. The highest BCUT2D eigenvalue weighted by atomic mass is 16.5. The van der Waals surface area contributed by atoms with Gasteiger partial charge in [0.1, 0.15) is 18.0 Å². The van der Waals surface area contributed by atoms with Crippen LogP contribution >= 0.6 is 0 Å². The summed E-state index contributed by atoms with van der Waals surface area (Å²) >= 11 is 0. The van der Waals surface area contributed by atoms with Crippen LogP contribution in [0.5, 0.6) is 6.01 Å². The van der Waals surface area contributed by atoms with Crippen LogP contribution in [-0.4, -0.2) is 44.9 Å². The molecule has 0 aromatic carbocycles. The van der Waals surface area contributed by atoms with E-state index in [2.05, 4.69) is 25.1 Å². The molecule has 0 aliphatic carbocycles. The Kier molecular flexibility index (Phi) is 4.22. The quantitative estimate of drug-likeness (QED) is 0.850. The summed E-state index contributed by atoms with van der Waals surface area (Å²) in [4.78, 5) is 11.0. The molecular formula is C15H22N6O. The van der Waals surface area contributed by atoms with Crippen molar-refractivity contribution in [1.82, 2.24) is 24.7 Å². The van der Waals surface area contributed by atoms with Crippen molar-refractivity contribution >= 4 is 5.82 Å². The van der Waals surface area contributed by atoms with Crippen LogP contribution in [0.4, 0.5) is 5.82 Å². The summed E-state index contributed by atoms with van der Waals surface area (Å²) in [7, 11) is 3.60. The molecular weight excluding hydrogens is 280 g/mol. The zero-order valence-corrected chi connectivity index (χ0v) is 13.4. The Morgan fingerprint density at radius 1 is 1.27 bits per heavy atom. The summed E-state index contributed by atoms with van der Waals surface area (Å²) in [6.45, 7) is 3.97. The van der Waals surface area contributed by atoms with E-state index in [4.69, 9.17) is 4.74 Å². The number of anilines is 1. The lowest BCUT2D eigenvalue weighted by molar-refractivity contribution is 0.373. The second-order valence-electron chi connectivity index (χ2n) is 5.85. The summed E-state index contributed by atoms with van der Waals surface area (Å²) in [6, 6.07) is 2.46. The SMILES string of the molecule is COc1nc(C)cc(N2CCC(Cc3nncn3C)CC2)n1. The van der Waals surface area contributed by atoms with Crippen molar-refractivity contribution in [2.75, 3.05) is 25.1 Å². The van der Waals surface area contributed by atoms with E-state index in [1.54, 1.807) is 13.4 Å². The highest BCUT2D eigenvalue weighted by Gasteiger charge is 2.22. The number of rotatable bonds is 4. The first-order valence-corrected chi connectivity index (χ1v) is 7.63. The van der Waals surface area contributed by atoms with Crippen LogP contribution in [-0.2, 0) is 13.5 Å². The van der Waals surface area contributed by atoms with Crippen LogP contribution in [0, 0.1) is 12.8 Å². The number of ether oxygens (including phenoxy) is 1. The molecule has 0 N–H and O–H groups in total. The molecule has 0 amide bonds. The Labute approximate surface area is 130 Å². The Balaban J connectivity index is 1.62. The molecule has 0 radical (unpaired) electrons. The van der Waals surface area contributed by atoms with E-state index < -0.39 is 0 Å². The molecule has 118 valence electrons. The van der Waals surface area contributed by atoms with Gasteiger partial charge in [0.15, 0.2) is 0 Å². The predicted molar refractivity (Wildman–Crippen MR) is 83.0 cm³/mol. The van der Waals surface area contributed by atoms with Crippen molar-refractivity contribution in [2.45, 2.75) is 26.2 Å². The van der Waals surface area contributed by atoms with E-state index in [-0.39, 0.29) is 0 Å². The van der Waals surface area contributed by atoms with Crippen LogP contribution in [0.25, 0.3) is 0 Å². The molecule has 3 heterocycles. The Morgan fingerprint density at radius 2 is 2.05 bits per heavy atom. The largest absolute Gasteiger partial charge is 0.467 e. The normalized spacial score (nSPS) is 16.0. The van der Waals surface area contributed by atoms with Crippen molar-refractivity contribution in [3.05, 3.63) is 23.9 Å². The van der Waals surface area contributed by atoms with Gasteiger partial charge in [-0.3, -0.25) is 0 Å². The van der Waals surface area contributed by atoms with Crippen LogP contribution in [0.2, 0.25) is 0 Å². The maximum Gasteiger partial charge on any atom is 0.318 e. The third-order valence-corrected chi connectivity index (χ3v) is 4.22. The van der Waals surface area contributed by atoms with E-state index in [1.807, 2.05) is 24.6 Å². The number of aryl methyl sites for hydroxylation is 2. The van der Waals surface area contributed by atoms with Crippen LogP contribution < -0.4 is 9.64 Å². The molecule has 0 saturated carbocycles. The number of hydrogen-bond donors (Lipinski definition) is 0.